The van der Waals surface area contributed by atoms with Gasteiger partial charge in [0.2, 0.25) is 5.91 Å². The number of anilines is 1. The molecular weight excluding hydrogens is 360 g/mol. The van der Waals surface area contributed by atoms with Crippen molar-refractivity contribution in [3.63, 3.8) is 0 Å². The zero-order valence-electron chi connectivity index (χ0n) is 13.6. The highest BCUT2D eigenvalue weighted by Gasteiger charge is 2.20. The minimum Gasteiger partial charge on any atom is -0.497 e. The molecule has 0 bridgehead atoms. The van der Waals surface area contributed by atoms with Crippen molar-refractivity contribution in [3.8, 4) is 5.75 Å². The third-order valence-corrected chi connectivity index (χ3v) is 6.10. The fourth-order valence-corrected chi connectivity index (χ4v) is 4.39. The maximum atomic E-state index is 12.3. The maximum Gasteiger partial charge on any atom is 0.241 e. The predicted octanol–water partition coefficient (Wildman–Crippen LogP) is 3.03. The Kier molecular flexibility index (Phi) is 4.73. The normalized spacial score (nSPS) is 11.4. The third kappa shape index (κ3) is 3.97. The van der Waals surface area contributed by atoms with E-state index in [0.29, 0.717) is 10.9 Å². The number of sulfone groups is 1. The first-order chi connectivity index (χ1) is 11.9. The molecule has 0 aliphatic carbocycles. The quantitative estimate of drug-likeness (QED) is 0.740. The first kappa shape index (κ1) is 17.4. The number of thiazole rings is 1. The Balaban J connectivity index is 1.73. The van der Waals surface area contributed by atoms with Crippen LogP contribution < -0.4 is 10.1 Å². The molecule has 0 aliphatic rings. The van der Waals surface area contributed by atoms with Crippen LogP contribution in [0.1, 0.15) is 5.56 Å². The molecule has 3 aromatic rings. The van der Waals surface area contributed by atoms with Gasteiger partial charge < -0.3 is 10.1 Å². The number of hydrogen-bond acceptors (Lipinski definition) is 6. The number of carbonyl (C=O) groups is 1. The number of aromatic nitrogens is 1. The Morgan fingerprint density at radius 2 is 1.92 bits per heavy atom. The molecule has 6 nitrogen and oxygen atoms in total. The van der Waals surface area contributed by atoms with E-state index in [2.05, 4.69) is 10.3 Å². The molecule has 1 aromatic heterocycles. The van der Waals surface area contributed by atoms with Crippen LogP contribution in [0.3, 0.4) is 0 Å². The summed E-state index contributed by atoms with van der Waals surface area (Å²) in [6, 6.07) is 11.7. The summed E-state index contributed by atoms with van der Waals surface area (Å²) < 4.78 is 30.6. The van der Waals surface area contributed by atoms with Gasteiger partial charge >= 0.3 is 0 Å². The van der Waals surface area contributed by atoms with E-state index in [-0.39, 0.29) is 4.90 Å². The molecule has 0 aliphatic heterocycles. The van der Waals surface area contributed by atoms with E-state index < -0.39 is 21.5 Å². The van der Waals surface area contributed by atoms with Crippen LogP contribution in [0.5, 0.6) is 5.75 Å². The van der Waals surface area contributed by atoms with Gasteiger partial charge in [0.15, 0.2) is 15.0 Å². The average molecular weight is 376 g/mol. The molecule has 8 heteroatoms. The van der Waals surface area contributed by atoms with Crippen LogP contribution in [-0.2, 0) is 14.6 Å². The highest BCUT2D eigenvalue weighted by molar-refractivity contribution is 7.92. The van der Waals surface area contributed by atoms with Gasteiger partial charge in [-0.1, -0.05) is 17.4 Å². The van der Waals surface area contributed by atoms with Crippen LogP contribution in [-0.4, -0.2) is 32.2 Å². The Bertz CT molecular complexity index is 1020. The first-order valence-electron chi connectivity index (χ1n) is 7.41. The molecule has 0 saturated carbocycles. The minimum atomic E-state index is -3.73. The van der Waals surface area contributed by atoms with E-state index in [0.717, 1.165) is 15.8 Å². The number of hydrogen-bond donors (Lipinski definition) is 1. The lowest BCUT2D eigenvalue weighted by molar-refractivity contribution is -0.113. The van der Waals surface area contributed by atoms with Gasteiger partial charge in [-0.3, -0.25) is 4.79 Å². The number of benzene rings is 2. The molecule has 2 aromatic carbocycles. The lowest BCUT2D eigenvalue weighted by atomic mass is 10.2. The summed E-state index contributed by atoms with van der Waals surface area (Å²) >= 11 is 1.31. The van der Waals surface area contributed by atoms with Crippen LogP contribution in [0.25, 0.3) is 10.2 Å². The average Bonchev–Trinajstić information content (AvgIpc) is 2.95. The summed E-state index contributed by atoms with van der Waals surface area (Å²) in [6.07, 6.45) is 0. The van der Waals surface area contributed by atoms with Crippen molar-refractivity contribution in [2.75, 3.05) is 18.2 Å². The molecule has 0 unspecified atom stereocenters. The van der Waals surface area contributed by atoms with E-state index >= 15 is 0 Å². The number of nitrogens with one attached hydrogen (secondary N) is 1. The molecular formula is C17H16N2O4S2. The molecule has 0 atom stereocenters. The molecule has 1 amide bonds. The summed E-state index contributed by atoms with van der Waals surface area (Å²) in [5.74, 6) is -0.714. The lowest BCUT2D eigenvalue weighted by Gasteiger charge is -2.05. The van der Waals surface area contributed by atoms with Crippen molar-refractivity contribution in [1.29, 1.82) is 0 Å². The van der Waals surface area contributed by atoms with Gasteiger partial charge in [0.05, 0.1) is 22.2 Å². The van der Waals surface area contributed by atoms with Crippen LogP contribution in [0, 0.1) is 6.92 Å². The molecule has 3 rings (SSSR count). The van der Waals surface area contributed by atoms with E-state index in [9.17, 15) is 13.2 Å². The summed E-state index contributed by atoms with van der Waals surface area (Å²) in [6.45, 7) is 1.97. The van der Waals surface area contributed by atoms with E-state index in [1.165, 1.54) is 30.6 Å². The van der Waals surface area contributed by atoms with Gasteiger partial charge in [0.1, 0.15) is 11.5 Å². The number of rotatable bonds is 5. The zero-order valence-corrected chi connectivity index (χ0v) is 15.3. The summed E-state index contributed by atoms with van der Waals surface area (Å²) in [5.41, 5.74) is 1.86. The number of methoxy groups -OCH3 is 1. The van der Waals surface area contributed by atoms with E-state index in [1.807, 2.05) is 25.1 Å². The number of nitrogens with zero attached hydrogens (tertiary/aromatic N) is 1. The largest absolute Gasteiger partial charge is 0.497 e. The van der Waals surface area contributed by atoms with Crippen LogP contribution in [0.2, 0.25) is 0 Å². The van der Waals surface area contributed by atoms with Gasteiger partial charge in [0.25, 0.3) is 0 Å². The first-order valence-corrected chi connectivity index (χ1v) is 9.88. The van der Waals surface area contributed by atoms with Crippen LogP contribution in [0.4, 0.5) is 5.13 Å². The highest BCUT2D eigenvalue weighted by atomic mass is 32.2. The molecule has 25 heavy (non-hydrogen) atoms. The van der Waals surface area contributed by atoms with Gasteiger partial charge in [-0.25, -0.2) is 13.4 Å². The zero-order chi connectivity index (χ0) is 18.0. The van der Waals surface area contributed by atoms with Crippen LogP contribution >= 0.6 is 11.3 Å². The number of carbonyl (C=O) groups excluding carboxylic acids is 1. The number of amides is 1. The monoisotopic (exact) mass is 376 g/mol. The SMILES string of the molecule is COc1ccc(S(=O)(=O)CC(=O)Nc2nc3ccc(C)cc3s2)cc1. The van der Waals surface area contributed by atoms with Gasteiger partial charge in [-0.2, -0.15) is 0 Å². The number of aryl methyl sites for hydroxylation is 1. The van der Waals surface area contributed by atoms with E-state index in [4.69, 9.17) is 4.74 Å². The van der Waals surface area contributed by atoms with Crippen molar-refractivity contribution < 1.29 is 17.9 Å². The van der Waals surface area contributed by atoms with Crippen molar-refractivity contribution in [3.05, 3.63) is 48.0 Å². The predicted molar refractivity (Wildman–Crippen MR) is 98.0 cm³/mol. The molecule has 130 valence electrons. The number of fused-ring (bicyclic) bond motifs is 1. The summed E-state index contributed by atoms with van der Waals surface area (Å²) in [4.78, 5) is 16.5. The molecule has 0 fully saturated rings. The standard InChI is InChI=1S/C17H16N2O4S2/c1-11-3-8-14-15(9-11)24-17(18-14)19-16(20)10-25(21,22)13-6-4-12(23-2)5-7-13/h3-9H,10H2,1-2H3,(H,18,19,20). The lowest BCUT2D eigenvalue weighted by Crippen LogP contribution is -2.22. The summed E-state index contributed by atoms with van der Waals surface area (Å²) in [7, 11) is -2.24. The molecule has 0 radical (unpaired) electrons. The van der Waals surface area contributed by atoms with Crippen molar-refractivity contribution in [2.45, 2.75) is 11.8 Å². The van der Waals surface area contributed by atoms with Gasteiger partial charge in [-0.15, -0.1) is 0 Å². The maximum absolute atomic E-state index is 12.3. The van der Waals surface area contributed by atoms with E-state index in [1.54, 1.807) is 12.1 Å². The molecule has 0 saturated heterocycles. The Morgan fingerprint density at radius 3 is 2.60 bits per heavy atom. The third-order valence-electron chi connectivity index (χ3n) is 3.53. The van der Waals surface area contributed by atoms with Gasteiger partial charge in [-0.05, 0) is 48.9 Å². The number of ether oxygens (including phenoxy) is 1. The van der Waals surface area contributed by atoms with Crippen molar-refractivity contribution >= 4 is 42.4 Å². The Labute approximate surface area is 149 Å². The Morgan fingerprint density at radius 1 is 1.20 bits per heavy atom. The second kappa shape index (κ2) is 6.81. The molecule has 0 spiro atoms. The van der Waals surface area contributed by atoms with Crippen LogP contribution in [0.15, 0.2) is 47.4 Å². The second-order valence-corrected chi connectivity index (χ2v) is 8.49. The highest BCUT2D eigenvalue weighted by Crippen LogP contribution is 2.26. The smallest absolute Gasteiger partial charge is 0.241 e. The van der Waals surface area contributed by atoms with Gasteiger partial charge in [0, 0.05) is 0 Å². The van der Waals surface area contributed by atoms with Crippen molar-refractivity contribution in [2.24, 2.45) is 0 Å². The second-order valence-electron chi connectivity index (χ2n) is 5.47. The fraction of sp³-hybridized carbons (Fsp3) is 0.176. The Hall–Kier alpha value is -2.45. The summed E-state index contributed by atoms with van der Waals surface area (Å²) in [5, 5.41) is 2.95. The molecule has 1 N–H and O–H groups in total. The minimum absolute atomic E-state index is 0.0726. The topological polar surface area (TPSA) is 85.4 Å². The van der Waals surface area contributed by atoms with Crippen molar-refractivity contribution in [1.82, 2.24) is 4.98 Å². The fourth-order valence-electron chi connectivity index (χ4n) is 2.28. The molecule has 1 heterocycles.